The van der Waals surface area contributed by atoms with E-state index in [1.165, 1.54) is 16.7 Å². The van der Waals surface area contributed by atoms with Crippen molar-refractivity contribution in [1.29, 1.82) is 0 Å². The van der Waals surface area contributed by atoms with Gasteiger partial charge in [-0.3, -0.25) is 14.3 Å². The van der Waals surface area contributed by atoms with Crippen LogP contribution < -0.4 is 15.6 Å². The zero-order chi connectivity index (χ0) is 24.5. The number of rotatable bonds is 6. The maximum absolute atomic E-state index is 13.8. The lowest BCUT2D eigenvalue weighted by atomic mass is 10.0. The fourth-order valence-corrected chi connectivity index (χ4v) is 3.90. The Hall–Kier alpha value is -4.40. The van der Waals surface area contributed by atoms with Gasteiger partial charge in [-0.15, -0.1) is 0 Å². The molecule has 0 saturated carbocycles. The number of fused-ring (bicyclic) bond motifs is 2. The highest BCUT2D eigenvalue weighted by Crippen LogP contribution is 2.28. The summed E-state index contributed by atoms with van der Waals surface area (Å²) >= 11 is 0. The van der Waals surface area contributed by atoms with Crippen LogP contribution >= 0.6 is 0 Å². The van der Waals surface area contributed by atoms with Gasteiger partial charge < -0.3 is 10.1 Å². The van der Waals surface area contributed by atoms with Crippen molar-refractivity contribution < 1.29 is 13.5 Å². The molecule has 0 atom stereocenters. The average molecular weight is 473 g/mol. The van der Waals surface area contributed by atoms with Crippen LogP contribution in [0.2, 0.25) is 0 Å². The Morgan fingerprint density at radius 1 is 1.00 bits per heavy atom. The second-order valence-electron chi connectivity index (χ2n) is 8.26. The summed E-state index contributed by atoms with van der Waals surface area (Å²) in [6, 6.07) is 15.3. The molecule has 0 aliphatic rings. The number of alkyl halides is 2. The van der Waals surface area contributed by atoms with Crippen LogP contribution in [-0.4, -0.2) is 32.2 Å². The molecule has 0 aliphatic carbocycles. The van der Waals surface area contributed by atoms with Gasteiger partial charge >= 0.3 is 6.61 Å². The minimum atomic E-state index is -2.93. The third-order valence-corrected chi connectivity index (χ3v) is 5.41. The Bertz CT molecular complexity index is 1580. The molecule has 0 amide bonds. The minimum absolute atomic E-state index is 0.00290. The van der Waals surface area contributed by atoms with Gasteiger partial charge in [0.15, 0.2) is 0 Å². The van der Waals surface area contributed by atoms with Crippen molar-refractivity contribution in [1.82, 2.24) is 19.5 Å². The van der Waals surface area contributed by atoms with Gasteiger partial charge in [-0.05, 0) is 55.8 Å². The van der Waals surface area contributed by atoms with Gasteiger partial charge in [0, 0.05) is 41.1 Å². The Morgan fingerprint density at radius 3 is 2.54 bits per heavy atom. The first-order chi connectivity index (χ1) is 16.9. The lowest BCUT2D eigenvalue weighted by molar-refractivity contribution is -0.0498. The summed E-state index contributed by atoms with van der Waals surface area (Å²) in [4.78, 5) is 27.2. The lowest BCUT2D eigenvalue weighted by Crippen LogP contribution is -2.21. The fraction of sp³-hybridized carbons (Fsp3) is 0.154. The van der Waals surface area contributed by atoms with Crippen molar-refractivity contribution in [2.75, 3.05) is 5.32 Å². The van der Waals surface area contributed by atoms with Gasteiger partial charge in [0.25, 0.3) is 5.56 Å². The highest BCUT2D eigenvalue weighted by molar-refractivity contribution is 5.93. The van der Waals surface area contributed by atoms with E-state index in [4.69, 9.17) is 0 Å². The molecule has 5 rings (SSSR count). The standard InChI is InChI=1S/C26H21F2N5O2/c1-15(2)31-26-30-13-18-14-33(19-7-10-21-17(12-19)4-3-11-29-21)24(34)22(23(18)32-26)16-5-8-20(9-6-16)35-25(27)28/h3-15,25H,1-2H3,(H,31,32). The van der Waals surface area contributed by atoms with E-state index >= 15 is 0 Å². The third kappa shape index (κ3) is 4.52. The number of pyridine rings is 2. The number of benzene rings is 2. The Morgan fingerprint density at radius 2 is 1.80 bits per heavy atom. The van der Waals surface area contributed by atoms with Crippen LogP contribution in [-0.2, 0) is 0 Å². The Balaban J connectivity index is 1.74. The van der Waals surface area contributed by atoms with Gasteiger partial charge in [-0.2, -0.15) is 8.78 Å². The summed E-state index contributed by atoms with van der Waals surface area (Å²) in [5.74, 6) is 0.392. The van der Waals surface area contributed by atoms with Gasteiger partial charge in [0.1, 0.15) is 5.75 Å². The van der Waals surface area contributed by atoms with Gasteiger partial charge in [0.05, 0.1) is 16.6 Å². The van der Waals surface area contributed by atoms with Crippen LogP contribution in [0.25, 0.3) is 38.6 Å². The second kappa shape index (κ2) is 9.09. The number of hydrogen-bond acceptors (Lipinski definition) is 6. The number of nitrogens with one attached hydrogen (secondary N) is 1. The number of aromatic nitrogens is 4. The molecule has 1 N–H and O–H groups in total. The molecule has 3 heterocycles. The van der Waals surface area contributed by atoms with Gasteiger partial charge in [0.2, 0.25) is 5.95 Å². The van der Waals surface area contributed by atoms with Crippen molar-refractivity contribution in [2.24, 2.45) is 0 Å². The molecule has 3 aromatic heterocycles. The first-order valence-corrected chi connectivity index (χ1v) is 11.0. The summed E-state index contributed by atoms with van der Waals surface area (Å²) in [5.41, 5.74) is 2.46. The summed E-state index contributed by atoms with van der Waals surface area (Å²) in [6.45, 7) is 0.987. The quantitative estimate of drug-likeness (QED) is 0.355. The molecule has 0 unspecified atom stereocenters. The zero-order valence-corrected chi connectivity index (χ0v) is 18.9. The van der Waals surface area contributed by atoms with E-state index in [0.717, 1.165) is 10.9 Å². The van der Waals surface area contributed by atoms with Crippen molar-refractivity contribution >= 4 is 27.8 Å². The Labute approximate surface area is 199 Å². The predicted molar refractivity (Wildman–Crippen MR) is 131 cm³/mol. The SMILES string of the molecule is CC(C)Nc1ncc2cn(-c3ccc4ncccc4c3)c(=O)c(-c3ccc(OC(F)F)cc3)c2n1. The molecule has 0 fully saturated rings. The molecular weight excluding hydrogens is 452 g/mol. The van der Waals surface area contributed by atoms with Crippen molar-refractivity contribution in [3.8, 4) is 22.6 Å². The molecule has 0 bridgehead atoms. The van der Waals surface area contributed by atoms with Gasteiger partial charge in [-0.25, -0.2) is 9.97 Å². The summed E-state index contributed by atoms with van der Waals surface area (Å²) in [5, 5.41) is 4.69. The van der Waals surface area contributed by atoms with Crippen molar-refractivity contribution in [3.63, 3.8) is 0 Å². The van der Waals surface area contributed by atoms with Crippen molar-refractivity contribution in [2.45, 2.75) is 26.5 Å². The normalized spacial score (nSPS) is 11.5. The molecule has 0 spiro atoms. The highest BCUT2D eigenvalue weighted by Gasteiger charge is 2.17. The molecule has 0 saturated heterocycles. The minimum Gasteiger partial charge on any atom is -0.435 e. The molecule has 176 valence electrons. The van der Waals surface area contributed by atoms with E-state index in [2.05, 4.69) is 25.0 Å². The predicted octanol–water partition coefficient (Wildman–Crippen LogP) is 5.42. The van der Waals surface area contributed by atoms with E-state index in [9.17, 15) is 13.6 Å². The molecule has 5 aromatic rings. The van der Waals surface area contributed by atoms with Crippen LogP contribution in [0.15, 0.2) is 78.0 Å². The number of nitrogens with zero attached hydrogens (tertiary/aromatic N) is 4. The van der Waals surface area contributed by atoms with Crippen LogP contribution in [0.5, 0.6) is 5.75 Å². The van der Waals surface area contributed by atoms with Gasteiger partial charge in [-0.1, -0.05) is 18.2 Å². The topological polar surface area (TPSA) is 81.9 Å². The molecular formula is C26H21F2N5O2. The maximum atomic E-state index is 13.8. The molecule has 9 heteroatoms. The summed E-state index contributed by atoms with van der Waals surface area (Å²) in [7, 11) is 0. The molecule has 7 nitrogen and oxygen atoms in total. The maximum Gasteiger partial charge on any atom is 0.387 e. The van der Waals surface area contributed by atoms with E-state index in [0.29, 0.717) is 33.7 Å². The van der Waals surface area contributed by atoms with Crippen LogP contribution in [0, 0.1) is 0 Å². The van der Waals surface area contributed by atoms with Crippen LogP contribution in [0.1, 0.15) is 13.8 Å². The van der Waals surface area contributed by atoms with Crippen molar-refractivity contribution in [3.05, 3.63) is 83.5 Å². The second-order valence-corrected chi connectivity index (χ2v) is 8.26. The first-order valence-electron chi connectivity index (χ1n) is 11.0. The number of hydrogen-bond donors (Lipinski definition) is 1. The molecule has 0 aliphatic heterocycles. The molecule has 2 aromatic carbocycles. The third-order valence-electron chi connectivity index (χ3n) is 5.41. The number of anilines is 1. The summed E-state index contributed by atoms with van der Waals surface area (Å²) < 4.78 is 31.2. The van der Waals surface area contributed by atoms with E-state index in [-0.39, 0.29) is 17.4 Å². The lowest BCUT2D eigenvalue weighted by Gasteiger charge is -2.14. The van der Waals surface area contributed by atoms with E-state index in [1.54, 1.807) is 30.7 Å². The zero-order valence-electron chi connectivity index (χ0n) is 18.9. The monoisotopic (exact) mass is 473 g/mol. The first kappa shape index (κ1) is 22.4. The van der Waals surface area contributed by atoms with Crippen LogP contribution in [0.3, 0.4) is 0 Å². The number of ether oxygens (including phenoxy) is 1. The Kier molecular flexibility index (Phi) is 5.82. The van der Waals surface area contributed by atoms with Crippen LogP contribution in [0.4, 0.5) is 14.7 Å². The molecule has 35 heavy (non-hydrogen) atoms. The highest BCUT2D eigenvalue weighted by atomic mass is 19.3. The smallest absolute Gasteiger partial charge is 0.387 e. The molecule has 0 radical (unpaired) electrons. The summed E-state index contributed by atoms with van der Waals surface area (Å²) in [6.07, 6.45) is 5.07. The fourth-order valence-electron chi connectivity index (χ4n) is 3.90. The largest absolute Gasteiger partial charge is 0.435 e. The van der Waals surface area contributed by atoms with E-state index in [1.807, 2.05) is 44.2 Å². The average Bonchev–Trinajstić information content (AvgIpc) is 2.83. The number of halogens is 2. The van der Waals surface area contributed by atoms with E-state index < -0.39 is 6.61 Å².